The van der Waals surface area contributed by atoms with E-state index in [4.69, 9.17) is 4.74 Å². The molecular weight excluding hydrogens is 386 g/mol. The van der Waals surface area contributed by atoms with Gasteiger partial charge in [-0.25, -0.2) is 19.3 Å². The molecule has 4 aromatic rings. The van der Waals surface area contributed by atoms with E-state index < -0.39 is 5.69 Å². The third-order valence-corrected chi connectivity index (χ3v) is 4.30. The van der Waals surface area contributed by atoms with Gasteiger partial charge < -0.3 is 19.7 Å². The van der Waals surface area contributed by atoms with Gasteiger partial charge in [0.05, 0.1) is 11.9 Å². The zero-order chi connectivity index (χ0) is 21.1. The minimum Gasteiger partial charge on any atom is -0.493 e. The van der Waals surface area contributed by atoms with Gasteiger partial charge in [0.15, 0.2) is 11.1 Å². The third-order valence-electron chi connectivity index (χ3n) is 4.30. The van der Waals surface area contributed by atoms with E-state index >= 15 is 0 Å². The van der Waals surface area contributed by atoms with Gasteiger partial charge in [-0.2, -0.15) is 5.10 Å². The summed E-state index contributed by atoms with van der Waals surface area (Å²) in [6.45, 7) is 1.46. The first kappa shape index (κ1) is 19.4. The van der Waals surface area contributed by atoms with Crippen LogP contribution < -0.4 is 21.1 Å². The molecule has 0 aliphatic rings. The summed E-state index contributed by atoms with van der Waals surface area (Å²) in [5.41, 5.74) is 1.55. The second-order valence-electron chi connectivity index (χ2n) is 6.90. The Labute approximate surface area is 170 Å². The first-order chi connectivity index (χ1) is 14.5. The zero-order valence-electron chi connectivity index (χ0n) is 16.5. The molecule has 30 heavy (non-hydrogen) atoms. The number of rotatable bonds is 6. The smallest absolute Gasteiger partial charge is 0.326 e. The molecule has 4 rings (SSSR count). The summed E-state index contributed by atoms with van der Waals surface area (Å²) < 4.78 is 7.28. The van der Waals surface area contributed by atoms with Crippen LogP contribution in [-0.4, -0.2) is 61.8 Å². The fourth-order valence-corrected chi connectivity index (χ4v) is 2.78. The third kappa shape index (κ3) is 4.39. The molecule has 3 heterocycles. The maximum Gasteiger partial charge on any atom is 0.326 e. The number of H-pyrrole nitrogens is 2. The molecular formula is C20H21N7O3. The molecule has 3 aromatic heterocycles. The summed E-state index contributed by atoms with van der Waals surface area (Å²) in [7, 11) is 4.00. The average Bonchev–Trinajstić information content (AvgIpc) is 3.25. The van der Waals surface area contributed by atoms with Crippen LogP contribution in [0.1, 0.15) is 5.69 Å². The maximum atomic E-state index is 11.3. The molecule has 10 nitrogen and oxygen atoms in total. The lowest BCUT2D eigenvalue weighted by Gasteiger charge is -2.10. The van der Waals surface area contributed by atoms with E-state index in [1.807, 2.05) is 38.4 Å². The number of imidazole rings is 1. The first-order valence-electron chi connectivity index (χ1n) is 9.28. The van der Waals surface area contributed by atoms with E-state index in [0.717, 1.165) is 18.0 Å². The minimum absolute atomic E-state index is 0.243. The Balaban J connectivity index is 1.62. The molecule has 0 saturated carbocycles. The summed E-state index contributed by atoms with van der Waals surface area (Å²) in [5.74, 6) is 0.542. The number of likely N-dealkylation sites (N-methyl/N-ethyl adjacent to an activating group) is 1. The van der Waals surface area contributed by atoms with Gasteiger partial charge in [-0.05, 0) is 44.4 Å². The lowest BCUT2D eigenvalue weighted by molar-refractivity contribution is 0.261. The molecule has 10 heteroatoms. The molecule has 0 amide bonds. The fourth-order valence-electron chi connectivity index (χ4n) is 2.78. The predicted octanol–water partition coefficient (Wildman–Crippen LogP) is 0.172. The van der Waals surface area contributed by atoms with E-state index in [2.05, 4.69) is 29.9 Å². The van der Waals surface area contributed by atoms with E-state index in [9.17, 15) is 9.90 Å². The molecule has 0 spiro atoms. The van der Waals surface area contributed by atoms with Gasteiger partial charge in [0.25, 0.3) is 0 Å². The summed E-state index contributed by atoms with van der Waals surface area (Å²) in [5, 5.41) is 14.6. The number of nitrogens with zero attached hydrogens (tertiary/aromatic N) is 5. The number of hydrogen-bond acceptors (Lipinski definition) is 7. The molecule has 3 N–H and O–H groups in total. The molecule has 0 aliphatic carbocycles. The number of ether oxygens (including phenoxy) is 1. The number of aromatic nitrogens is 5. The van der Waals surface area contributed by atoms with E-state index in [-0.39, 0.29) is 11.6 Å². The van der Waals surface area contributed by atoms with Crippen molar-refractivity contribution in [3.05, 3.63) is 69.6 Å². The van der Waals surface area contributed by atoms with Crippen LogP contribution in [0.5, 0.6) is 11.6 Å². The van der Waals surface area contributed by atoms with Crippen molar-refractivity contribution in [3.63, 3.8) is 0 Å². The number of aromatic hydroxyl groups is 1. The Hall–Kier alpha value is -3.92. The maximum absolute atomic E-state index is 11.3. The van der Waals surface area contributed by atoms with Crippen LogP contribution in [0.25, 0.3) is 11.7 Å². The number of hydrogen-bond donors (Lipinski definition) is 3. The Morgan fingerprint density at radius 3 is 2.73 bits per heavy atom. The Morgan fingerprint density at radius 1 is 1.23 bits per heavy atom. The normalized spacial score (nSPS) is 12.9. The van der Waals surface area contributed by atoms with Crippen molar-refractivity contribution < 1.29 is 9.84 Å². The minimum atomic E-state index is -0.493. The van der Waals surface area contributed by atoms with Crippen molar-refractivity contribution >= 4 is 17.4 Å². The Bertz CT molecular complexity index is 1330. The van der Waals surface area contributed by atoms with Crippen LogP contribution in [0.4, 0.5) is 5.69 Å². The van der Waals surface area contributed by atoms with Crippen LogP contribution in [0.3, 0.4) is 0 Å². The average molecular weight is 407 g/mol. The van der Waals surface area contributed by atoms with Crippen molar-refractivity contribution in [2.24, 2.45) is 4.99 Å². The van der Waals surface area contributed by atoms with Crippen molar-refractivity contribution in [3.8, 4) is 11.6 Å². The van der Waals surface area contributed by atoms with Gasteiger partial charge in [-0.3, -0.25) is 4.98 Å². The molecule has 0 fully saturated rings. The number of nitrogens with one attached hydrogen (secondary N) is 2. The van der Waals surface area contributed by atoms with Gasteiger partial charge in [-0.1, -0.05) is 0 Å². The van der Waals surface area contributed by atoms with Crippen molar-refractivity contribution in [1.29, 1.82) is 0 Å². The van der Waals surface area contributed by atoms with E-state index in [0.29, 0.717) is 23.0 Å². The van der Waals surface area contributed by atoms with Crippen LogP contribution in [0.2, 0.25) is 0 Å². The standard InChI is InChI=1S/C20H21N7O3/c1-26(2)9-10-30-15-5-3-14(4-6-15)22-17-7-8-27-18(24-17)13(12-21-27)11-16-19(28)25-20(29)23-16/h3-8,11-12,28H,9-10H2,1-2H3,(H2,23,25,29)/b13-11+,22-17?. The van der Waals surface area contributed by atoms with E-state index in [1.165, 1.54) is 0 Å². The van der Waals surface area contributed by atoms with Gasteiger partial charge in [0.1, 0.15) is 18.1 Å². The monoisotopic (exact) mass is 407 g/mol. The second-order valence-corrected chi connectivity index (χ2v) is 6.90. The van der Waals surface area contributed by atoms with Crippen LogP contribution >= 0.6 is 0 Å². The zero-order valence-corrected chi connectivity index (χ0v) is 16.5. The summed E-state index contributed by atoms with van der Waals surface area (Å²) in [4.78, 5) is 27.2. The molecule has 0 atom stereocenters. The number of benzene rings is 1. The molecule has 0 radical (unpaired) electrons. The highest BCUT2D eigenvalue weighted by Crippen LogP contribution is 2.17. The number of fused-ring (bicyclic) bond motifs is 1. The quantitative estimate of drug-likeness (QED) is 0.419. The van der Waals surface area contributed by atoms with Gasteiger partial charge in [0, 0.05) is 24.0 Å². The molecule has 154 valence electrons. The predicted molar refractivity (Wildman–Crippen MR) is 111 cm³/mol. The highest BCUT2D eigenvalue weighted by molar-refractivity contribution is 5.56. The van der Waals surface area contributed by atoms with Crippen LogP contribution in [-0.2, 0) is 0 Å². The summed E-state index contributed by atoms with van der Waals surface area (Å²) >= 11 is 0. The van der Waals surface area contributed by atoms with Gasteiger partial charge >= 0.3 is 5.69 Å². The molecule has 1 aromatic carbocycles. The molecule has 0 bridgehead atoms. The van der Waals surface area contributed by atoms with Gasteiger partial charge in [-0.15, -0.1) is 0 Å². The lowest BCUT2D eigenvalue weighted by atomic mass is 10.3. The SMILES string of the molecule is CN(C)CCOc1ccc(N=c2ccn3nc/c(=C\c4[nH]c(=O)[nH]c4O)c3n2)cc1. The Morgan fingerprint density at radius 2 is 2.03 bits per heavy atom. The molecule has 0 saturated heterocycles. The first-order valence-corrected chi connectivity index (χ1v) is 9.28. The largest absolute Gasteiger partial charge is 0.493 e. The summed E-state index contributed by atoms with van der Waals surface area (Å²) in [6.07, 6.45) is 4.93. The van der Waals surface area contributed by atoms with Gasteiger partial charge in [0.2, 0.25) is 5.88 Å². The van der Waals surface area contributed by atoms with Crippen molar-refractivity contribution in [2.75, 3.05) is 27.2 Å². The number of aromatic amines is 2. The van der Waals surface area contributed by atoms with Crippen LogP contribution in [0.15, 0.2) is 52.5 Å². The highest BCUT2D eigenvalue weighted by atomic mass is 16.5. The van der Waals surface area contributed by atoms with Crippen molar-refractivity contribution in [1.82, 2.24) is 29.5 Å². The molecule has 0 unspecified atom stereocenters. The fraction of sp³-hybridized carbons (Fsp3) is 0.200. The van der Waals surface area contributed by atoms with Crippen molar-refractivity contribution in [2.45, 2.75) is 0 Å². The lowest BCUT2D eigenvalue weighted by Crippen LogP contribution is -2.19. The topological polar surface area (TPSA) is 124 Å². The highest BCUT2D eigenvalue weighted by Gasteiger charge is 2.05. The summed E-state index contributed by atoms with van der Waals surface area (Å²) in [6, 6.07) is 9.22. The second kappa shape index (κ2) is 8.21. The Kier molecular flexibility index (Phi) is 5.31. The molecule has 0 aliphatic heterocycles. The van der Waals surface area contributed by atoms with E-state index in [1.54, 1.807) is 29.1 Å². The van der Waals surface area contributed by atoms with Crippen LogP contribution in [0, 0.1) is 0 Å².